The van der Waals surface area contributed by atoms with Crippen molar-refractivity contribution in [3.63, 3.8) is 0 Å². The summed E-state index contributed by atoms with van der Waals surface area (Å²) >= 11 is 0. The van der Waals surface area contributed by atoms with Gasteiger partial charge in [0.25, 0.3) is 0 Å². The molecule has 1 saturated heterocycles. The van der Waals surface area contributed by atoms with Crippen LogP contribution >= 0.6 is 0 Å². The zero-order valence-electron chi connectivity index (χ0n) is 13.5. The van der Waals surface area contributed by atoms with Crippen LogP contribution in [-0.4, -0.2) is 43.7 Å². The second-order valence-electron chi connectivity index (χ2n) is 6.19. The maximum Gasteiger partial charge on any atom is 0.317 e. The summed E-state index contributed by atoms with van der Waals surface area (Å²) in [5, 5.41) is 2.97. The molecule has 0 spiro atoms. The highest BCUT2D eigenvalue weighted by Gasteiger charge is 2.22. The molecule has 1 aliphatic heterocycles. The molecule has 0 radical (unpaired) electrons. The molecule has 0 atom stereocenters. The smallest absolute Gasteiger partial charge is 0.317 e. The summed E-state index contributed by atoms with van der Waals surface area (Å²) in [7, 11) is 0. The van der Waals surface area contributed by atoms with Gasteiger partial charge in [-0.3, -0.25) is 0 Å². The van der Waals surface area contributed by atoms with Crippen molar-refractivity contribution in [3.8, 4) is 0 Å². The van der Waals surface area contributed by atoms with Crippen molar-refractivity contribution in [2.75, 3.05) is 37.6 Å². The lowest BCUT2D eigenvalue weighted by atomic mass is 10.1. The van der Waals surface area contributed by atoms with Gasteiger partial charge in [0.2, 0.25) is 0 Å². The van der Waals surface area contributed by atoms with Crippen LogP contribution in [0.4, 0.5) is 14.9 Å². The van der Waals surface area contributed by atoms with Gasteiger partial charge < -0.3 is 15.1 Å². The Labute approximate surface area is 132 Å². The number of benzene rings is 1. The van der Waals surface area contributed by atoms with Gasteiger partial charge in [-0.2, -0.15) is 0 Å². The van der Waals surface area contributed by atoms with E-state index in [9.17, 15) is 9.18 Å². The van der Waals surface area contributed by atoms with Gasteiger partial charge in [-0.05, 0) is 30.9 Å². The number of hydrogen-bond acceptors (Lipinski definition) is 2. The van der Waals surface area contributed by atoms with E-state index in [1.165, 1.54) is 6.07 Å². The number of amides is 2. The molecule has 0 bridgehead atoms. The molecule has 5 heteroatoms. The maximum atomic E-state index is 13.8. The van der Waals surface area contributed by atoms with Crippen molar-refractivity contribution in [1.82, 2.24) is 10.2 Å². The first-order valence-electron chi connectivity index (χ1n) is 8.10. The van der Waals surface area contributed by atoms with Crippen molar-refractivity contribution in [1.29, 1.82) is 0 Å². The number of piperazine rings is 1. The lowest BCUT2D eigenvalue weighted by Crippen LogP contribution is -2.52. The van der Waals surface area contributed by atoms with Crippen LogP contribution in [0.5, 0.6) is 0 Å². The topological polar surface area (TPSA) is 35.6 Å². The Kier molecular flexibility index (Phi) is 6.04. The van der Waals surface area contributed by atoms with Gasteiger partial charge in [-0.1, -0.05) is 26.0 Å². The van der Waals surface area contributed by atoms with Crippen molar-refractivity contribution >= 4 is 11.7 Å². The van der Waals surface area contributed by atoms with E-state index in [2.05, 4.69) is 19.2 Å². The molecule has 4 nitrogen and oxygen atoms in total. The molecular weight excluding hydrogens is 281 g/mol. The molecule has 1 fully saturated rings. The average Bonchev–Trinajstić information content (AvgIpc) is 2.52. The van der Waals surface area contributed by atoms with Crippen molar-refractivity contribution in [3.05, 3.63) is 30.1 Å². The lowest BCUT2D eigenvalue weighted by Gasteiger charge is -2.36. The fraction of sp³-hybridized carbons (Fsp3) is 0.588. The van der Waals surface area contributed by atoms with E-state index in [1.807, 2.05) is 15.9 Å². The number of rotatable bonds is 5. The Bertz CT molecular complexity index is 485. The van der Waals surface area contributed by atoms with E-state index in [0.29, 0.717) is 37.8 Å². The fourth-order valence-electron chi connectivity index (χ4n) is 2.68. The standard InChI is InChI=1S/C17H26FN3O/c1-14(2)6-5-9-19-17(22)21-12-10-20(11-13-21)16-8-4-3-7-15(16)18/h3-4,7-8,14H,5-6,9-13H2,1-2H3,(H,19,22). The minimum atomic E-state index is -0.200. The van der Waals surface area contributed by atoms with E-state index in [0.717, 1.165) is 19.4 Å². The molecule has 22 heavy (non-hydrogen) atoms. The highest BCUT2D eigenvalue weighted by atomic mass is 19.1. The molecule has 2 rings (SSSR count). The van der Waals surface area contributed by atoms with Gasteiger partial charge in [0.05, 0.1) is 5.69 Å². The number of hydrogen-bond donors (Lipinski definition) is 1. The molecule has 0 unspecified atom stereocenters. The predicted molar refractivity (Wildman–Crippen MR) is 87.7 cm³/mol. The minimum Gasteiger partial charge on any atom is -0.366 e. The summed E-state index contributed by atoms with van der Waals surface area (Å²) in [4.78, 5) is 15.9. The first-order valence-corrected chi connectivity index (χ1v) is 8.10. The highest BCUT2D eigenvalue weighted by molar-refractivity contribution is 5.74. The van der Waals surface area contributed by atoms with Crippen molar-refractivity contribution in [2.24, 2.45) is 5.92 Å². The zero-order valence-corrected chi connectivity index (χ0v) is 13.5. The van der Waals surface area contributed by atoms with E-state index in [-0.39, 0.29) is 11.8 Å². The first kappa shape index (κ1) is 16.6. The van der Waals surface area contributed by atoms with Crippen LogP contribution in [0.25, 0.3) is 0 Å². The third kappa shape index (κ3) is 4.61. The van der Waals surface area contributed by atoms with E-state index in [1.54, 1.807) is 12.1 Å². The first-order chi connectivity index (χ1) is 10.6. The number of halogens is 1. The highest BCUT2D eigenvalue weighted by Crippen LogP contribution is 2.20. The van der Waals surface area contributed by atoms with Gasteiger partial charge in [0.1, 0.15) is 5.82 Å². The molecule has 1 aromatic rings. The fourth-order valence-corrected chi connectivity index (χ4v) is 2.68. The second kappa shape index (κ2) is 8.01. The Morgan fingerprint density at radius 2 is 1.91 bits per heavy atom. The molecule has 0 aromatic heterocycles. The Balaban J connectivity index is 1.75. The summed E-state index contributed by atoms with van der Waals surface area (Å²) in [5.74, 6) is 0.468. The largest absolute Gasteiger partial charge is 0.366 e. The van der Waals surface area contributed by atoms with Gasteiger partial charge in [-0.25, -0.2) is 9.18 Å². The molecule has 0 aliphatic carbocycles. The van der Waals surface area contributed by atoms with Crippen LogP contribution in [0.3, 0.4) is 0 Å². The minimum absolute atomic E-state index is 0.00283. The molecule has 2 amide bonds. The summed E-state index contributed by atoms with van der Waals surface area (Å²) in [6.45, 7) is 7.69. The molecule has 1 aromatic carbocycles. The van der Waals surface area contributed by atoms with Crippen LogP contribution in [-0.2, 0) is 0 Å². The molecule has 1 aliphatic rings. The van der Waals surface area contributed by atoms with Crippen LogP contribution in [0, 0.1) is 11.7 Å². The number of nitrogens with zero attached hydrogens (tertiary/aromatic N) is 2. The summed E-state index contributed by atoms with van der Waals surface area (Å²) in [5.41, 5.74) is 0.625. The number of carbonyl (C=O) groups excluding carboxylic acids is 1. The number of nitrogens with one attached hydrogen (secondary N) is 1. The Morgan fingerprint density at radius 3 is 2.55 bits per heavy atom. The molecular formula is C17H26FN3O. The number of carbonyl (C=O) groups is 1. The number of para-hydroxylation sites is 1. The quantitative estimate of drug-likeness (QED) is 0.849. The predicted octanol–water partition coefficient (Wildman–Crippen LogP) is 3.09. The molecule has 122 valence electrons. The van der Waals surface area contributed by atoms with Crippen LogP contribution < -0.4 is 10.2 Å². The third-order valence-electron chi connectivity index (χ3n) is 3.99. The van der Waals surface area contributed by atoms with Gasteiger partial charge in [0.15, 0.2) is 0 Å². The number of anilines is 1. The second-order valence-corrected chi connectivity index (χ2v) is 6.19. The maximum absolute atomic E-state index is 13.8. The monoisotopic (exact) mass is 307 g/mol. The van der Waals surface area contributed by atoms with Gasteiger partial charge >= 0.3 is 6.03 Å². The van der Waals surface area contributed by atoms with E-state index >= 15 is 0 Å². The Morgan fingerprint density at radius 1 is 1.23 bits per heavy atom. The van der Waals surface area contributed by atoms with Crippen LogP contribution in [0.15, 0.2) is 24.3 Å². The lowest BCUT2D eigenvalue weighted by molar-refractivity contribution is 0.194. The SMILES string of the molecule is CC(C)CCCNC(=O)N1CCN(c2ccccc2F)CC1. The van der Waals surface area contributed by atoms with Crippen molar-refractivity contribution < 1.29 is 9.18 Å². The summed E-state index contributed by atoms with van der Waals surface area (Å²) in [6.07, 6.45) is 2.14. The zero-order chi connectivity index (χ0) is 15.9. The molecule has 0 saturated carbocycles. The van der Waals surface area contributed by atoms with Gasteiger partial charge in [-0.15, -0.1) is 0 Å². The summed E-state index contributed by atoms with van der Waals surface area (Å²) in [6, 6.07) is 6.79. The van der Waals surface area contributed by atoms with Gasteiger partial charge in [0, 0.05) is 32.7 Å². The molecule has 1 heterocycles. The van der Waals surface area contributed by atoms with Crippen molar-refractivity contribution in [2.45, 2.75) is 26.7 Å². The average molecular weight is 307 g/mol. The normalized spacial score (nSPS) is 15.3. The van der Waals surface area contributed by atoms with Crippen LogP contribution in [0.2, 0.25) is 0 Å². The third-order valence-corrected chi connectivity index (χ3v) is 3.99. The molecule has 1 N–H and O–H groups in total. The number of urea groups is 1. The van der Waals surface area contributed by atoms with E-state index < -0.39 is 0 Å². The Hall–Kier alpha value is -1.78. The van der Waals surface area contributed by atoms with E-state index in [4.69, 9.17) is 0 Å². The van der Waals surface area contributed by atoms with Crippen LogP contribution in [0.1, 0.15) is 26.7 Å². The summed E-state index contributed by atoms with van der Waals surface area (Å²) < 4.78 is 13.8.